The summed E-state index contributed by atoms with van der Waals surface area (Å²) in [6.45, 7) is 32.6. The molecule has 0 amide bonds. The van der Waals surface area contributed by atoms with Crippen LogP contribution in [0.25, 0.3) is 0 Å². The van der Waals surface area contributed by atoms with Crippen LogP contribution in [0.2, 0.25) is 39.3 Å². The Balaban J connectivity index is 3.46. The fourth-order valence-electron chi connectivity index (χ4n) is 4.23. The van der Waals surface area contributed by atoms with Gasteiger partial charge in [0.15, 0.2) is 0 Å². The van der Waals surface area contributed by atoms with E-state index in [9.17, 15) is 0 Å². The molecule has 0 aromatic heterocycles. The van der Waals surface area contributed by atoms with E-state index in [1.807, 2.05) is 0 Å². The van der Waals surface area contributed by atoms with Crippen LogP contribution in [0.5, 0.6) is 0 Å². The molecule has 0 aromatic rings. The Bertz CT molecular complexity index is 403. The van der Waals surface area contributed by atoms with Crippen LogP contribution in [0.3, 0.4) is 0 Å². The van der Waals surface area contributed by atoms with Gasteiger partial charge in [-0.25, -0.2) is 0 Å². The standard InChI is InChI=1S/C12H26N2.C6H18NSi2.Sn/c1-8-11(4,5)13-10(3)14-12(6,7)9-2;1-8(2,3)7-9(4,5)6;/h10H,8-9H2,1-7H3;1-6H3;/q-2;-1;+3. The zero-order valence-electron chi connectivity index (χ0n) is 18.8. The molecule has 6 heteroatoms. The molecule has 0 bridgehead atoms. The molecule has 0 N–H and O–H groups in total. The summed E-state index contributed by atoms with van der Waals surface area (Å²) in [5.41, 5.74) is 0.651. The van der Waals surface area contributed by atoms with Crippen molar-refractivity contribution < 1.29 is 0 Å². The fraction of sp³-hybridized carbons (Fsp3) is 1.00. The maximum absolute atomic E-state index is 3.19. The maximum atomic E-state index is 3.19. The van der Waals surface area contributed by atoms with Gasteiger partial charge in [0.2, 0.25) is 0 Å². The average molecular weight is 477 g/mol. The van der Waals surface area contributed by atoms with Crippen molar-refractivity contribution >= 4 is 37.1 Å². The molecule has 0 atom stereocenters. The molecule has 0 aliphatic carbocycles. The minimum absolute atomic E-state index is 0.325. The van der Waals surface area contributed by atoms with Gasteiger partial charge in [0, 0.05) is 0 Å². The molecule has 1 rings (SSSR count). The van der Waals surface area contributed by atoms with Crippen molar-refractivity contribution in [3.63, 3.8) is 0 Å². The van der Waals surface area contributed by atoms with Crippen LogP contribution in [-0.4, -0.2) is 63.0 Å². The van der Waals surface area contributed by atoms with Crippen LogP contribution < -0.4 is 0 Å². The van der Waals surface area contributed by atoms with Crippen molar-refractivity contribution in [2.75, 3.05) is 0 Å². The molecule has 1 aliphatic heterocycles. The zero-order chi connectivity index (χ0) is 19.3. The molecular formula is C18H44N3Si2Sn. The minimum atomic E-state index is -2.05. The first-order chi connectivity index (χ1) is 10.5. The van der Waals surface area contributed by atoms with Gasteiger partial charge in [-0.3, -0.25) is 0 Å². The second-order valence-electron chi connectivity index (χ2n) is 10.7. The van der Waals surface area contributed by atoms with Gasteiger partial charge in [0.05, 0.1) is 0 Å². The molecule has 0 aromatic carbocycles. The molecule has 1 heterocycles. The Morgan fingerprint density at radius 2 is 1.08 bits per heavy atom. The van der Waals surface area contributed by atoms with Crippen molar-refractivity contribution in [2.24, 2.45) is 0 Å². The normalized spacial score (nSPS) is 20.8. The third-order valence-electron chi connectivity index (χ3n) is 5.75. The second-order valence-corrected chi connectivity index (χ2v) is 29.0. The first-order valence-corrected chi connectivity index (χ1v) is 20.5. The number of hydrogen-bond acceptors (Lipinski definition) is 3. The van der Waals surface area contributed by atoms with E-state index in [0.717, 1.165) is 0 Å². The van der Waals surface area contributed by atoms with Crippen LogP contribution in [0.4, 0.5) is 0 Å². The molecule has 0 unspecified atom stereocenters. The zero-order valence-corrected chi connectivity index (χ0v) is 23.7. The van der Waals surface area contributed by atoms with Crippen molar-refractivity contribution in [2.45, 2.75) is 118 Å². The predicted molar refractivity (Wildman–Crippen MR) is 116 cm³/mol. The molecule has 24 heavy (non-hydrogen) atoms. The first-order valence-electron chi connectivity index (χ1n) is 9.78. The summed E-state index contributed by atoms with van der Waals surface area (Å²) in [6.07, 6.45) is 3.08. The summed E-state index contributed by atoms with van der Waals surface area (Å²) < 4.78 is 9.20. The van der Waals surface area contributed by atoms with Crippen molar-refractivity contribution in [3.05, 3.63) is 0 Å². The van der Waals surface area contributed by atoms with Crippen LogP contribution in [0, 0.1) is 0 Å². The van der Waals surface area contributed by atoms with E-state index in [0.29, 0.717) is 17.2 Å². The SMILES string of the molecule is CCC(C)(C)[N]1C(C)[N](C(C)(C)CC)[Sn]1[N]([Si](C)(C)C)[Si](C)(C)C. The van der Waals surface area contributed by atoms with E-state index < -0.39 is 37.1 Å². The van der Waals surface area contributed by atoms with Gasteiger partial charge >= 0.3 is 164 Å². The number of hydrogen-bond donors (Lipinski definition) is 0. The van der Waals surface area contributed by atoms with Crippen molar-refractivity contribution in [3.8, 4) is 0 Å². The first kappa shape index (κ1) is 23.2. The van der Waals surface area contributed by atoms with Gasteiger partial charge < -0.3 is 0 Å². The van der Waals surface area contributed by atoms with E-state index in [1.165, 1.54) is 12.8 Å². The van der Waals surface area contributed by atoms with Gasteiger partial charge in [-0.15, -0.1) is 0 Å². The van der Waals surface area contributed by atoms with Gasteiger partial charge in [0.1, 0.15) is 0 Å². The monoisotopic (exact) mass is 478 g/mol. The molecule has 0 saturated carbocycles. The third kappa shape index (κ3) is 4.33. The van der Waals surface area contributed by atoms with Gasteiger partial charge in [-0.05, 0) is 0 Å². The summed E-state index contributed by atoms with van der Waals surface area (Å²) in [4.78, 5) is 0. The molecular weight excluding hydrogens is 433 g/mol. The van der Waals surface area contributed by atoms with Gasteiger partial charge in [0.25, 0.3) is 0 Å². The topological polar surface area (TPSA) is 9.72 Å². The summed E-state index contributed by atoms with van der Waals surface area (Å²) in [6, 6.07) is 0. The molecule has 1 saturated heterocycles. The Kier molecular flexibility index (Phi) is 7.01. The fourth-order valence-corrected chi connectivity index (χ4v) is 34.6. The van der Waals surface area contributed by atoms with Crippen molar-refractivity contribution in [1.82, 2.24) is 8.70 Å². The molecule has 0 spiro atoms. The number of rotatable bonds is 7. The quantitative estimate of drug-likeness (QED) is 0.462. The molecule has 1 radical (unpaired) electrons. The van der Waals surface area contributed by atoms with E-state index >= 15 is 0 Å². The molecule has 1 aliphatic rings. The average Bonchev–Trinajstić information content (AvgIpc) is 2.34. The Morgan fingerprint density at radius 3 is 1.29 bits per heavy atom. The van der Waals surface area contributed by atoms with E-state index in [2.05, 4.69) is 96.4 Å². The molecule has 3 nitrogen and oxygen atoms in total. The number of nitrogens with zero attached hydrogens (tertiary/aromatic N) is 3. The Hall–Kier alpha value is 1.11. The molecule has 143 valence electrons. The van der Waals surface area contributed by atoms with Crippen LogP contribution >= 0.6 is 0 Å². The summed E-state index contributed by atoms with van der Waals surface area (Å²) >= 11 is -2.05. The predicted octanol–water partition coefficient (Wildman–Crippen LogP) is 5.28. The van der Waals surface area contributed by atoms with Gasteiger partial charge in [-0.2, -0.15) is 0 Å². The van der Waals surface area contributed by atoms with Crippen LogP contribution in [0.15, 0.2) is 0 Å². The Morgan fingerprint density at radius 1 is 0.792 bits per heavy atom. The Labute approximate surface area is 163 Å². The van der Waals surface area contributed by atoms with Crippen molar-refractivity contribution in [1.29, 1.82) is 0 Å². The summed E-state index contributed by atoms with van der Waals surface area (Å²) in [5.74, 6) is 0. The summed E-state index contributed by atoms with van der Waals surface area (Å²) in [5, 5.41) is 0. The molecule has 1 fully saturated rings. The van der Waals surface area contributed by atoms with Crippen LogP contribution in [-0.2, 0) is 0 Å². The van der Waals surface area contributed by atoms with Crippen LogP contribution in [0.1, 0.15) is 61.3 Å². The van der Waals surface area contributed by atoms with E-state index in [-0.39, 0.29) is 0 Å². The van der Waals surface area contributed by atoms with Gasteiger partial charge in [-0.1, -0.05) is 0 Å². The third-order valence-corrected chi connectivity index (χ3v) is 35.8. The summed E-state index contributed by atoms with van der Waals surface area (Å²) in [7, 11) is -2.70. The van der Waals surface area contributed by atoms with E-state index in [4.69, 9.17) is 0 Å². The second kappa shape index (κ2) is 7.26. The van der Waals surface area contributed by atoms with E-state index in [1.54, 1.807) is 0 Å².